The third-order valence-corrected chi connectivity index (χ3v) is 7.20. The van der Waals surface area contributed by atoms with E-state index in [1.807, 2.05) is 0 Å². The van der Waals surface area contributed by atoms with Gasteiger partial charge in [-0.2, -0.15) is 0 Å². The summed E-state index contributed by atoms with van der Waals surface area (Å²) in [5.74, 6) is -0.203. The molecule has 1 aromatic carbocycles. The first-order chi connectivity index (χ1) is 16.8. The van der Waals surface area contributed by atoms with Crippen molar-refractivity contribution >= 4 is 46.6 Å². The molecule has 1 atom stereocenters. The number of aryl methyl sites for hydroxylation is 2. The highest BCUT2D eigenvalue weighted by Crippen LogP contribution is 2.34. The molecule has 2 heterocycles. The van der Waals surface area contributed by atoms with Gasteiger partial charge in [-0.25, -0.2) is 9.78 Å². The number of halogens is 2. The molecule has 1 saturated carbocycles. The number of anilines is 2. The quantitative estimate of drug-likeness (QED) is 0.343. The molecule has 188 valence electrons. The Bertz CT molecular complexity index is 1070. The minimum atomic E-state index is -1.15. The molecule has 4 rings (SSSR count). The molecule has 1 aromatic heterocycles. The van der Waals surface area contributed by atoms with E-state index in [9.17, 15) is 14.7 Å². The maximum atomic E-state index is 12.6. The Morgan fingerprint density at radius 2 is 2.00 bits per heavy atom. The Kier molecular flexibility index (Phi) is 8.36. The smallest absolute Gasteiger partial charge is 0.326 e. The van der Waals surface area contributed by atoms with Crippen molar-refractivity contribution in [2.45, 2.75) is 57.1 Å². The molecule has 8 nitrogen and oxygen atoms in total. The molecule has 0 bridgehead atoms. The molecule has 0 unspecified atom stereocenters. The second-order valence-corrected chi connectivity index (χ2v) is 10.0. The molecule has 35 heavy (non-hydrogen) atoms. The molecule has 0 radical (unpaired) electrons. The van der Waals surface area contributed by atoms with Crippen molar-refractivity contribution in [3.63, 3.8) is 0 Å². The number of fused-ring (bicyclic) bond motifs is 1. The number of carbonyl (C=O) groups is 2. The van der Waals surface area contributed by atoms with Crippen molar-refractivity contribution in [3.8, 4) is 0 Å². The topological polar surface area (TPSA) is 127 Å². The third kappa shape index (κ3) is 6.57. The van der Waals surface area contributed by atoms with Gasteiger partial charge in [0.25, 0.3) is 5.91 Å². The van der Waals surface area contributed by atoms with Crippen LogP contribution in [0.1, 0.15) is 53.7 Å². The van der Waals surface area contributed by atoms with Crippen LogP contribution in [-0.4, -0.2) is 47.3 Å². The lowest BCUT2D eigenvalue weighted by Gasteiger charge is -2.35. The second-order valence-electron chi connectivity index (χ2n) is 9.22. The predicted octanol–water partition coefficient (Wildman–Crippen LogP) is 4.33. The lowest BCUT2D eigenvalue weighted by Crippen LogP contribution is -2.42. The highest BCUT2D eigenvalue weighted by atomic mass is 35.5. The number of carboxylic acids is 1. The number of benzene rings is 1. The van der Waals surface area contributed by atoms with E-state index in [0.717, 1.165) is 56.6 Å². The number of amides is 1. The number of aliphatic carboxylic acids is 1. The first-order valence-electron chi connectivity index (χ1n) is 11.9. The van der Waals surface area contributed by atoms with Crippen LogP contribution in [0.25, 0.3) is 0 Å². The number of nitrogens with two attached hydrogens (primary N) is 1. The summed E-state index contributed by atoms with van der Waals surface area (Å²) in [7, 11) is 0. The second kappa shape index (κ2) is 11.5. The largest absolute Gasteiger partial charge is 0.480 e. The molecule has 1 fully saturated rings. The minimum Gasteiger partial charge on any atom is -0.480 e. The molecule has 0 saturated heterocycles. The van der Waals surface area contributed by atoms with Crippen molar-refractivity contribution in [3.05, 3.63) is 51.1 Å². The molecule has 2 aromatic rings. The number of carbonyl (C=O) groups excluding carboxylic acids is 1. The fourth-order valence-corrected chi connectivity index (χ4v) is 5.23. The Labute approximate surface area is 214 Å². The lowest BCUT2D eigenvalue weighted by molar-refractivity contribution is -0.140. The highest BCUT2D eigenvalue weighted by molar-refractivity contribution is 6.40. The standard InChI is InChI=1S/C25H30Cl2N4O4/c26-19-12-16(28)13-20(27)22(19)24(32)31-21(25(33)34)7-9-35-18-10-14(11-18)3-5-17-6-4-15-2-1-8-29-23(15)30-17/h4,6,12-14,18,21H,1-3,5,7-11,28H2,(H,29,30)(H,31,32)(H,33,34)/t14?,18?,21-/m0/s1. The van der Waals surface area contributed by atoms with Crippen molar-refractivity contribution < 1.29 is 19.4 Å². The Balaban J connectivity index is 1.18. The Morgan fingerprint density at radius 3 is 2.71 bits per heavy atom. The van der Waals surface area contributed by atoms with Crippen LogP contribution in [0.3, 0.4) is 0 Å². The molecular weight excluding hydrogens is 491 g/mol. The molecule has 1 aliphatic carbocycles. The number of ether oxygens (including phenoxy) is 1. The number of aromatic nitrogens is 1. The van der Waals surface area contributed by atoms with Crippen LogP contribution in [0.5, 0.6) is 0 Å². The molecular formula is C25H30Cl2N4O4. The molecule has 10 heteroatoms. The average Bonchev–Trinajstić information content (AvgIpc) is 2.78. The number of hydrogen-bond donors (Lipinski definition) is 4. The van der Waals surface area contributed by atoms with Crippen LogP contribution in [-0.2, 0) is 22.4 Å². The van der Waals surface area contributed by atoms with Crippen LogP contribution in [0.15, 0.2) is 24.3 Å². The molecule has 0 spiro atoms. The summed E-state index contributed by atoms with van der Waals surface area (Å²) in [5.41, 5.74) is 8.39. The first kappa shape index (κ1) is 25.5. The van der Waals surface area contributed by atoms with E-state index in [-0.39, 0.29) is 34.7 Å². The minimum absolute atomic E-state index is 0.000680. The lowest BCUT2D eigenvalue weighted by atomic mass is 9.79. The maximum Gasteiger partial charge on any atom is 0.326 e. The van der Waals surface area contributed by atoms with Gasteiger partial charge < -0.3 is 26.2 Å². The van der Waals surface area contributed by atoms with Gasteiger partial charge in [-0.05, 0) is 68.2 Å². The number of pyridine rings is 1. The van der Waals surface area contributed by atoms with Gasteiger partial charge in [0.15, 0.2) is 0 Å². The van der Waals surface area contributed by atoms with E-state index in [0.29, 0.717) is 11.6 Å². The summed E-state index contributed by atoms with van der Waals surface area (Å²) in [6.45, 7) is 1.22. The van der Waals surface area contributed by atoms with E-state index < -0.39 is 17.9 Å². The highest BCUT2D eigenvalue weighted by Gasteiger charge is 2.30. The van der Waals surface area contributed by atoms with Crippen LogP contribution in [0, 0.1) is 5.92 Å². The van der Waals surface area contributed by atoms with E-state index in [1.54, 1.807) is 0 Å². The molecule has 5 N–H and O–H groups in total. The number of nitrogens with zero attached hydrogens (tertiary/aromatic N) is 1. The number of rotatable bonds is 10. The van der Waals surface area contributed by atoms with Gasteiger partial charge in [0, 0.05) is 31.0 Å². The van der Waals surface area contributed by atoms with E-state index in [1.165, 1.54) is 17.7 Å². The van der Waals surface area contributed by atoms with Gasteiger partial charge in [0.2, 0.25) is 0 Å². The zero-order chi connectivity index (χ0) is 24.9. The number of nitrogens with one attached hydrogen (secondary N) is 2. The number of hydrogen-bond acceptors (Lipinski definition) is 6. The van der Waals surface area contributed by atoms with E-state index in [2.05, 4.69) is 22.8 Å². The first-order valence-corrected chi connectivity index (χ1v) is 12.7. The fraction of sp³-hybridized carbons (Fsp3) is 0.480. The van der Waals surface area contributed by atoms with Crippen molar-refractivity contribution in [2.75, 3.05) is 24.2 Å². The zero-order valence-electron chi connectivity index (χ0n) is 19.4. The fourth-order valence-electron chi connectivity index (χ4n) is 4.56. The van der Waals surface area contributed by atoms with Crippen molar-refractivity contribution in [1.82, 2.24) is 10.3 Å². The number of nitrogen functional groups attached to an aromatic ring is 1. The van der Waals surface area contributed by atoms with Crippen LogP contribution in [0.4, 0.5) is 11.5 Å². The molecule has 1 amide bonds. The van der Waals surface area contributed by atoms with Gasteiger partial charge in [0.1, 0.15) is 11.9 Å². The molecule has 2 aliphatic rings. The van der Waals surface area contributed by atoms with Gasteiger partial charge in [-0.3, -0.25) is 4.79 Å². The van der Waals surface area contributed by atoms with Crippen LogP contribution < -0.4 is 16.4 Å². The SMILES string of the molecule is Nc1cc(Cl)c(C(=O)N[C@@H](CCOC2CC(CCc3ccc4c(n3)NCCC4)C2)C(=O)O)c(Cl)c1. The maximum absolute atomic E-state index is 12.6. The van der Waals surface area contributed by atoms with Crippen molar-refractivity contribution in [1.29, 1.82) is 0 Å². The molecule has 1 aliphatic heterocycles. The monoisotopic (exact) mass is 520 g/mol. The summed E-state index contributed by atoms with van der Waals surface area (Å²) in [6, 6.07) is 5.98. The van der Waals surface area contributed by atoms with Crippen molar-refractivity contribution in [2.24, 2.45) is 5.92 Å². The normalized spacial score (nSPS) is 19.7. The average molecular weight is 521 g/mol. The Morgan fingerprint density at radius 1 is 1.26 bits per heavy atom. The third-order valence-electron chi connectivity index (χ3n) is 6.61. The number of carboxylic acid groups (broad SMARTS) is 1. The van der Waals surface area contributed by atoms with Gasteiger partial charge in [-0.1, -0.05) is 29.3 Å². The van der Waals surface area contributed by atoms with Gasteiger partial charge in [0.05, 0.1) is 21.7 Å². The predicted molar refractivity (Wildman–Crippen MR) is 136 cm³/mol. The van der Waals surface area contributed by atoms with E-state index in [4.69, 9.17) is 38.7 Å². The summed E-state index contributed by atoms with van der Waals surface area (Å²) in [4.78, 5) is 29.0. The van der Waals surface area contributed by atoms with Gasteiger partial charge >= 0.3 is 5.97 Å². The van der Waals surface area contributed by atoms with Gasteiger partial charge in [-0.15, -0.1) is 0 Å². The summed E-state index contributed by atoms with van der Waals surface area (Å²) < 4.78 is 5.86. The summed E-state index contributed by atoms with van der Waals surface area (Å²) in [5, 5.41) is 15.5. The van der Waals surface area contributed by atoms with Crippen LogP contribution >= 0.6 is 23.2 Å². The summed E-state index contributed by atoms with van der Waals surface area (Å²) >= 11 is 12.1. The van der Waals surface area contributed by atoms with E-state index >= 15 is 0 Å². The Hall–Kier alpha value is -2.55. The van der Waals surface area contributed by atoms with Crippen LogP contribution in [0.2, 0.25) is 10.0 Å². The zero-order valence-corrected chi connectivity index (χ0v) is 20.9. The summed E-state index contributed by atoms with van der Waals surface area (Å²) in [6.07, 6.45) is 6.39.